The highest BCUT2D eigenvalue weighted by Crippen LogP contribution is 2.29. The average molecular weight is 345 g/mol. The number of pyridine rings is 1. The molecule has 0 saturated carbocycles. The van der Waals surface area contributed by atoms with E-state index in [1.807, 2.05) is 24.4 Å². The van der Waals surface area contributed by atoms with Crippen LogP contribution >= 0.6 is 0 Å². The maximum absolute atomic E-state index is 6.31. The van der Waals surface area contributed by atoms with Crippen molar-refractivity contribution < 1.29 is 4.74 Å². The molecule has 26 heavy (non-hydrogen) atoms. The molecule has 0 radical (unpaired) electrons. The first-order chi connectivity index (χ1) is 12.9. The molecule has 5 rings (SSSR count). The van der Waals surface area contributed by atoms with Gasteiger partial charge in [0.1, 0.15) is 24.0 Å². The average Bonchev–Trinajstić information content (AvgIpc) is 3.18. The summed E-state index contributed by atoms with van der Waals surface area (Å²) in [5.41, 5.74) is 2.00. The van der Waals surface area contributed by atoms with Crippen LogP contribution in [0.15, 0.2) is 55.2 Å². The molecule has 1 aliphatic rings. The van der Waals surface area contributed by atoms with E-state index in [2.05, 4.69) is 37.0 Å². The lowest BCUT2D eigenvalue weighted by Crippen LogP contribution is -2.38. The molecule has 0 unspecified atom stereocenters. The number of fused-ring (bicyclic) bond motifs is 2. The first-order valence-electron chi connectivity index (χ1n) is 8.91. The Kier molecular flexibility index (Phi) is 3.66. The van der Waals surface area contributed by atoms with Crippen molar-refractivity contribution in [3.8, 4) is 5.75 Å². The van der Waals surface area contributed by atoms with Gasteiger partial charge in [-0.15, -0.1) is 0 Å². The standard InChI is InChI=1S/C20H19N5O/c1-2-17-15(5-9-22-17)19(3-1)26-14-6-10-25(11-7-14)20-16-4-8-21-12-18(16)23-13-24-20/h1-5,8-9,12-14,22H,6-7,10-11H2. The maximum Gasteiger partial charge on any atom is 0.139 e. The molecule has 0 amide bonds. The van der Waals surface area contributed by atoms with Gasteiger partial charge in [-0.2, -0.15) is 0 Å². The number of ether oxygens (including phenoxy) is 1. The number of nitrogens with one attached hydrogen (secondary N) is 1. The van der Waals surface area contributed by atoms with Gasteiger partial charge in [-0.25, -0.2) is 9.97 Å². The minimum absolute atomic E-state index is 0.224. The molecule has 0 atom stereocenters. The van der Waals surface area contributed by atoms with Gasteiger partial charge in [-0.1, -0.05) is 6.07 Å². The van der Waals surface area contributed by atoms with Crippen molar-refractivity contribution in [2.24, 2.45) is 0 Å². The van der Waals surface area contributed by atoms with Crippen LogP contribution in [0.4, 0.5) is 5.82 Å². The van der Waals surface area contributed by atoms with Crippen LogP contribution < -0.4 is 9.64 Å². The summed E-state index contributed by atoms with van der Waals surface area (Å²) in [5, 5.41) is 2.20. The third-order valence-corrected chi connectivity index (χ3v) is 5.01. The van der Waals surface area contributed by atoms with E-state index in [-0.39, 0.29) is 6.10 Å². The molecule has 1 saturated heterocycles. The minimum atomic E-state index is 0.224. The van der Waals surface area contributed by atoms with Crippen molar-refractivity contribution in [1.82, 2.24) is 19.9 Å². The maximum atomic E-state index is 6.31. The number of nitrogens with zero attached hydrogens (tertiary/aromatic N) is 4. The summed E-state index contributed by atoms with van der Waals surface area (Å²) in [6.45, 7) is 1.84. The van der Waals surface area contributed by atoms with Crippen LogP contribution in [0.1, 0.15) is 12.8 Å². The van der Waals surface area contributed by atoms with Gasteiger partial charge in [0.2, 0.25) is 0 Å². The van der Waals surface area contributed by atoms with Crippen molar-refractivity contribution in [3.05, 3.63) is 55.2 Å². The minimum Gasteiger partial charge on any atom is -0.490 e. The van der Waals surface area contributed by atoms with Crippen molar-refractivity contribution in [3.63, 3.8) is 0 Å². The number of aromatic amines is 1. The number of aromatic nitrogens is 4. The lowest BCUT2D eigenvalue weighted by Gasteiger charge is -2.33. The fourth-order valence-electron chi connectivity index (χ4n) is 3.67. The Hall–Kier alpha value is -3.15. The summed E-state index contributed by atoms with van der Waals surface area (Å²) in [7, 11) is 0. The van der Waals surface area contributed by atoms with Gasteiger partial charge >= 0.3 is 0 Å². The van der Waals surface area contributed by atoms with Crippen LogP contribution in [-0.4, -0.2) is 39.1 Å². The molecule has 0 bridgehead atoms. The summed E-state index contributed by atoms with van der Waals surface area (Å²) in [6.07, 6.45) is 9.32. The lowest BCUT2D eigenvalue weighted by molar-refractivity contribution is 0.173. The summed E-state index contributed by atoms with van der Waals surface area (Å²) < 4.78 is 6.31. The van der Waals surface area contributed by atoms with E-state index in [1.165, 1.54) is 0 Å². The Labute approximate surface area is 150 Å². The van der Waals surface area contributed by atoms with E-state index in [1.54, 1.807) is 18.7 Å². The third kappa shape index (κ3) is 2.63. The molecule has 1 fully saturated rings. The van der Waals surface area contributed by atoms with E-state index in [9.17, 15) is 0 Å². The quantitative estimate of drug-likeness (QED) is 0.615. The first kappa shape index (κ1) is 15.1. The van der Waals surface area contributed by atoms with E-state index >= 15 is 0 Å². The predicted octanol–water partition coefficient (Wildman–Crippen LogP) is 3.55. The van der Waals surface area contributed by atoms with E-state index in [4.69, 9.17) is 4.74 Å². The van der Waals surface area contributed by atoms with Crippen LogP contribution in [0.3, 0.4) is 0 Å². The van der Waals surface area contributed by atoms with Crippen LogP contribution in [-0.2, 0) is 0 Å². The molecule has 0 aliphatic carbocycles. The molecular formula is C20H19N5O. The molecule has 1 aliphatic heterocycles. The second-order valence-corrected chi connectivity index (χ2v) is 6.59. The Morgan fingerprint density at radius 2 is 1.96 bits per heavy atom. The number of rotatable bonds is 3. The monoisotopic (exact) mass is 345 g/mol. The second-order valence-electron chi connectivity index (χ2n) is 6.59. The third-order valence-electron chi connectivity index (χ3n) is 5.01. The number of hydrogen-bond donors (Lipinski definition) is 1. The van der Waals surface area contributed by atoms with Crippen molar-refractivity contribution >= 4 is 27.6 Å². The van der Waals surface area contributed by atoms with Gasteiger partial charge in [-0.3, -0.25) is 4.98 Å². The Morgan fingerprint density at radius 1 is 1.04 bits per heavy atom. The number of H-pyrrole nitrogens is 1. The van der Waals surface area contributed by atoms with E-state index < -0.39 is 0 Å². The molecule has 4 heterocycles. The molecule has 3 aromatic heterocycles. The lowest BCUT2D eigenvalue weighted by atomic mass is 10.1. The van der Waals surface area contributed by atoms with Gasteiger partial charge in [-0.05, 0) is 24.3 Å². The summed E-state index contributed by atoms with van der Waals surface area (Å²) >= 11 is 0. The predicted molar refractivity (Wildman–Crippen MR) is 101 cm³/mol. The van der Waals surface area contributed by atoms with Crippen LogP contribution in [0.2, 0.25) is 0 Å². The van der Waals surface area contributed by atoms with Gasteiger partial charge in [0.05, 0.1) is 11.7 Å². The Bertz CT molecular complexity index is 1050. The van der Waals surface area contributed by atoms with E-state index in [0.717, 1.165) is 59.3 Å². The van der Waals surface area contributed by atoms with Crippen LogP contribution in [0.5, 0.6) is 5.75 Å². The van der Waals surface area contributed by atoms with Gasteiger partial charge in [0.15, 0.2) is 0 Å². The first-order valence-corrected chi connectivity index (χ1v) is 8.91. The van der Waals surface area contributed by atoms with Crippen LogP contribution in [0, 0.1) is 0 Å². The number of piperidine rings is 1. The highest BCUT2D eigenvalue weighted by molar-refractivity contribution is 5.88. The van der Waals surface area contributed by atoms with Gasteiger partial charge in [0.25, 0.3) is 0 Å². The molecule has 130 valence electrons. The second kappa shape index (κ2) is 6.29. The molecule has 0 spiro atoms. The van der Waals surface area contributed by atoms with Crippen molar-refractivity contribution in [1.29, 1.82) is 0 Å². The summed E-state index contributed by atoms with van der Waals surface area (Å²) in [4.78, 5) is 18.5. The number of hydrogen-bond acceptors (Lipinski definition) is 5. The molecule has 1 N–H and O–H groups in total. The molecule has 1 aromatic carbocycles. The largest absolute Gasteiger partial charge is 0.490 e. The zero-order chi connectivity index (χ0) is 17.3. The molecule has 6 heteroatoms. The smallest absolute Gasteiger partial charge is 0.139 e. The van der Waals surface area contributed by atoms with Gasteiger partial charge in [0, 0.05) is 54.6 Å². The SMILES string of the molecule is c1cc(OC2CCN(c3ncnc4cnccc34)CC2)c2cc[nH]c2c1. The molecular weight excluding hydrogens is 326 g/mol. The number of anilines is 1. The molecule has 6 nitrogen and oxygen atoms in total. The molecule has 4 aromatic rings. The number of benzene rings is 1. The zero-order valence-corrected chi connectivity index (χ0v) is 14.3. The van der Waals surface area contributed by atoms with Gasteiger partial charge < -0.3 is 14.6 Å². The highest BCUT2D eigenvalue weighted by Gasteiger charge is 2.23. The van der Waals surface area contributed by atoms with E-state index in [0.29, 0.717) is 0 Å². The van der Waals surface area contributed by atoms with Crippen LogP contribution in [0.25, 0.3) is 21.8 Å². The zero-order valence-electron chi connectivity index (χ0n) is 14.3. The fraction of sp³-hybridized carbons (Fsp3) is 0.250. The van der Waals surface area contributed by atoms with Crippen molar-refractivity contribution in [2.75, 3.05) is 18.0 Å². The Morgan fingerprint density at radius 3 is 2.88 bits per heavy atom. The summed E-state index contributed by atoms with van der Waals surface area (Å²) in [6, 6.07) is 10.2. The van der Waals surface area contributed by atoms with Crippen molar-refractivity contribution in [2.45, 2.75) is 18.9 Å². The highest BCUT2D eigenvalue weighted by atomic mass is 16.5. The summed E-state index contributed by atoms with van der Waals surface area (Å²) in [5.74, 6) is 1.95. The normalized spacial score (nSPS) is 15.6. The fourth-order valence-corrected chi connectivity index (χ4v) is 3.67. The Balaban J connectivity index is 1.32. The topological polar surface area (TPSA) is 66.9 Å².